The summed E-state index contributed by atoms with van der Waals surface area (Å²) in [5, 5.41) is 6.25. The van der Waals surface area contributed by atoms with Crippen molar-refractivity contribution < 1.29 is 9.59 Å². The third-order valence-corrected chi connectivity index (χ3v) is 2.68. The maximum absolute atomic E-state index is 11.6. The fourth-order valence-electron chi connectivity index (χ4n) is 1.61. The summed E-state index contributed by atoms with van der Waals surface area (Å²) in [6, 6.07) is 18.6. The van der Waals surface area contributed by atoms with E-state index in [1.54, 1.807) is 0 Å². The van der Waals surface area contributed by atoms with Crippen LogP contribution in [0.2, 0.25) is 0 Å². The highest BCUT2D eigenvalue weighted by atomic mass is 16.2. The van der Waals surface area contributed by atoms with Crippen LogP contribution in [-0.2, 0) is 16.1 Å². The number of hydrogen-bond acceptors (Lipinski definition) is 3. The predicted molar refractivity (Wildman–Crippen MR) is 80.5 cm³/mol. The molecule has 0 saturated carbocycles. The van der Waals surface area contributed by atoms with Gasteiger partial charge in [-0.05, 0) is 11.1 Å². The molecule has 0 aliphatic heterocycles. The lowest BCUT2D eigenvalue weighted by Gasteiger charge is -2.03. The standard InChI is InChI=1S/C16H15N3O2/c20-15(17-11-13-7-3-1-4-8-13)16(21)19-18-12-14-9-5-2-6-10-14/h1-10,12H,11H2,(H,17,20)(H,19,21)/b18-12-. The monoisotopic (exact) mass is 281 g/mol. The lowest BCUT2D eigenvalue weighted by atomic mass is 10.2. The van der Waals surface area contributed by atoms with Crippen molar-refractivity contribution in [3.63, 3.8) is 0 Å². The van der Waals surface area contributed by atoms with Crippen LogP contribution in [-0.4, -0.2) is 18.0 Å². The number of carbonyl (C=O) groups excluding carboxylic acids is 2. The Hall–Kier alpha value is -2.95. The van der Waals surface area contributed by atoms with Crippen LogP contribution in [0.3, 0.4) is 0 Å². The van der Waals surface area contributed by atoms with Crippen molar-refractivity contribution in [1.29, 1.82) is 0 Å². The molecule has 0 saturated heterocycles. The van der Waals surface area contributed by atoms with Gasteiger partial charge < -0.3 is 5.32 Å². The number of hydrogen-bond donors (Lipinski definition) is 2. The molecule has 0 atom stereocenters. The summed E-state index contributed by atoms with van der Waals surface area (Å²) in [4.78, 5) is 23.1. The van der Waals surface area contributed by atoms with Crippen LogP contribution in [0.4, 0.5) is 0 Å². The van der Waals surface area contributed by atoms with E-state index in [0.29, 0.717) is 6.54 Å². The average Bonchev–Trinajstić information content (AvgIpc) is 2.54. The molecule has 5 heteroatoms. The number of hydrazone groups is 1. The summed E-state index contributed by atoms with van der Waals surface area (Å²) in [6.07, 6.45) is 1.47. The molecular formula is C16H15N3O2. The molecule has 0 radical (unpaired) electrons. The molecule has 0 unspecified atom stereocenters. The van der Waals surface area contributed by atoms with Crippen molar-refractivity contribution in [3.05, 3.63) is 71.8 Å². The number of rotatable bonds is 4. The molecule has 0 fully saturated rings. The first kappa shape index (κ1) is 14.5. The fraction of sp³-hybridized carbons (Fsp3) is 0.0625. The van der Waals surface area contributed by atoms with Gasteiger partial charge in [-0.25, -0.2) is 5.43 Å². The molecule has 106 valence electrons. The van der Waals surface area contributed by atoms with Crippen LogP contribution in [0.15, 0.2) is 65.8 Å². The first-order valence-corrected chi connectivity index (χ1v) is 6.46. The van der Waals surface area contributed by atoms with Gasteiger partial charge in [0.1, 0.15) is 0 Å². The first-order chi connectivity index (χ1) is 10.3. The first-order valence-electron chi connectivity index (χ1n) is 6.46. The molecule has 2 aromatic carbocycles. The van der Waals surface area contributed by atoms with Crippen LogP contribution in [0.5, 0.6) is 0 Å². The quantitative estimate of drug-likeness (QED) is 0.506. The minimum absolute atomic E-state index is 0.301. The zero-order chi connectivity index (χ0) is 14.9. The smallest absolute Gasteiger partial charge is 0.329 e. The Labute approximate surface area is 122 Å². The van der Waals surface area contributed by atoms with Gasteiger partial charge >= 0.3 is 11.8 Å². The van der Waals surface area contributed by atoms with E-state index in [9.17, 15) is 9.59 Å². The van der Waals surface area contributed by atoms with Crippen molar-refractivity contribution in [2.75, 3.05) is 0 Å². The minimum Gasteiger partial charge on any atom is -0.344 e. The zero-order valence-electron chi connectivity index (χ0n) is 11.3. The molecule has 2 amide bonds. The SMILES string of the molecule is O=C(NCc1ccccc1)C(=O)N/N=C\c1ccccc1. The van der Waals surface area contributed by atoms with E-state index in [-0.39, 0.29) is 0 Å². The number of carbonyl (C=O) groups is 2. The molecule has 2 rings (SSSR count). The number of benzene rings is 2. The van der Waals surface area contributed by atoms with Crippen molar-refractivity contribution in [2.24, 2.45) is 5.10 Å². The van der Waals surface area contributed by atoms with Crippen LogP contribution < -0.4 is 10.7 Å². The molecule has 5 nitrogen and oxygen atoms in total. The van der Waals surface area contributed by atoms with Gasteiger partial charge in [0.15, 0.2) is 0 Å². The third kappa shape index (κ3) is 4.91. The Morgan fingerprint density at radius 2 is 1.52 bits per heavy atom. The van der Waals surface area contributed by atoms with Crippen molar-refractivity contribution >= 4 is 18.0 Å². The van der Waals surface area contributed by atoms with Gasteiger partial charge in [-0.2, -0.15) is 5.10 Å². The Kier molecular flexibility index (Phi) is 5.23. The summed E-state index contributed by atoms with van der Waals surface area (Å²) in [5.41, 5.74) is 3.94. The predicted octanol–water partition coefficient (Wildman–Crippen LogP) is 1.45. The van der Waals surface area contributed by atoms with E-state index >= 15 is 0 Å². The molecule has 0 aromatic heterocycles. The van der Waals surface area contributed by atoms with Gasteiger partial charge in [0, 0.05) is 6.54 Å². The highest BCUT2D eigenvalue weighted by molar-refractivity contribution is 6.35. The second-order valence-electron chi connectivity index (χ2n) is 4.28. The van der Waals surface area contributed by atoms with E-state index in [4.69, 9.17) is 0 Å². The third-order valence-electron chi connectivity index (χ3n) is 2.68. The van der Waals surface area contributed by atoms with Crippen molar-refractivity contribution in [1.82, 2.24) is 10.7 Å². The molecule has 2 N–H and O–H groups in total. The summed E-state index contributed by atoms with van der Waals surface area (Å²) >= 11 is 0. The number of nitrogens with one attached hydrogen (secondary N) is 2. The minimum atomic E-state index is -0.793. The van der Waals surface area contributed by atoms with E-state index in [1.165, 1.54) is 6.21 Å². The molecule has 21 heavy (non-hydrogen) atoms. The second kappa shape index (κ2) is 7.59. The summed E-state index contributed by atoms with van der Waals surface area (Å²) in [6.45, 7) is 0.301. The molecular weight excluding hydrogens is 266 g/mol. The largest absolute Gasteiger partial charge is 0.344 e. The molecule has 0 spiro atoms. The topological polar surface area (TPSA) is 70.6 Å². The Bertz CT molecular complexity index is 624. The van der Waals surface area contributed by atoms with E-state index in [2.05, 4.69) is 15.8 Å². The summed E-state index contributed by atoms with van der Waals surface area (Å²) in [5.74, 6) is -1.51. The van der Waals surface area contributed by atoms with Crippen LogP contribution in [0, 0.1) is 0 Å². The molecule has 0 heterocycles. The Morgan fingerprint density at radius 3 is 2.19 bits per heavy atom. The van der Waals surface area contributed by atoms with Gasteiger partial charge in [-0.3, -0.25) is 9.59 Å². The Balaban J connectivity index is 1.78. The highest BCUT2D eigenvalue weighted by Gasteiger charge is 2.11. The van der Waals surface area contributed by atoms with Gasteiger partial charge in [-0.1, -0.05) is 60.7 Å². The fourth-order valence-corrected chi connectivity index (χ4v) is 1.61. The van der Waals surface area contributed by atoms with Crippen LogP contribution in [0.25, 0.3) is 0 Å². The summed E-state index contributed by atoms with van der Waals surface area (Å²) in [7, 11) is 0. The molecule has 0 aliphatic carbocycles. The van der Waals surface area contributed by atoms with Crippen molar-refractivity contribution in [3.8, 4) is 0 Å². The average molecular weight is 281 g/mol. The van der Waals surface area contributed by atoms with Gasteiger partial charge in [0.2, 0.25) is 0 Å². The number of nitrogens with zero attached hydrogens (tertiary/aromatic N) is 1. The highest BCUT2D eigenvalue weighted by Crippen LogP contribution is 1.97. The van der Waals surface area contributed by atoms with E-state index in [0.717, 1.165) is 11.1 Å². The summed E-state index contributed by atoms with van der Waals surface area (Å²) < 4.78 is 0. The zero-order valence-corrected chi connectivity index (χ0v) is 11.3. The van der Waals surface area contributed by atoms with E-state index in [1.807, 2.05) is 60.7 Å². The van der Waals surface area contributed by atoms with Gasteiger partial charge in [0.25, 0.3) is 0 Å². The van der Waals surface area contributed by atoms with Gasteiger partial charge in [-0.15, -0.1) is 0 Å². The van der Waals surface area contributed by atoms with Crippen LogP contribution >= 0.6 is 0 Å². The normalized spacial score (nSPS) is 10.3. The lowest BCUT2D eigenvalue weighted by molar-refractivity contribution is -0.139. The van der Waals surface area contributed by atoms with Crippen LogP contribution in [0.1, 0.15) is 11.1 Å². The molecule has 0 bridgehead atoms. The lowest BCUT2D eigenvalue weighted by Crippen LogP contribution is -2.37. The molecule has 0 aliphatic rings. The maximum atomic E-state index is 11.6. The second-order valence-corrected chi connectivity index (χ2v) is 4.28. The van der Waals surface area contributed by atoms with E-state index < -0.39 is 11.8 Å². The van der Waals surface area contributed by atoms with Crippen molar-refractivity contribution in [2.45, 2.75) is 6.54 Å². The molecule has 2 aromatic rings. The van der Waals surface area contributed by atoms with Gasteiger partial charge in [0.05, 0.1) is 6.21 Å². The maximum Gasteiger partial charge on any atom is 0.329 e. The number of amides is 2. The Morgan fingerprint density at radius 1 is 0.905 bits per heavy atom.